The first-order chi connectivity index (χ1) is 10.1. The molecule has 1 unspecified atom stereocenters. The van der Waals surface area contributed by atoms with Gasteiger partial charge in [0.1, 0.15) is 29.8 Å². The van der Waals surface area contributed by atoms with E-state index in [1.807, 2.05) is 19.1 Å². The van der Waals surface area contributed by atoms with Crippen molar-refractivity contribution in [2.45, 2.75) is 19.4 Å². The van der Waals surface area contributed by atoms with Gasteiger partial charge in [-0.05, 0) is 30.7 Å². The summed E-state index contributed by atoms with van der Waals surface area (Å²) >= 11 is 0. The van der Waals surface area contributed by atoms with Crippen LogP contribution in [-0.2, 0) is 6.42 Å². The monoisotopic (exact) mass is 284 g/mol. The Kier molecular flexibility index (Phi) is 3.52. The normalized spacial score (nSPS) is 16.1. The molecule has 2 aromatic carbocycles. The van der Waals surface area contributed by atoms with Crippen LogP contribution in [0.2, 0.25) is 0 Å². The Hall–Kier alpha value is -2.49. The minimum atomic E-state index is -0.989. The zero-order chi connectivity index (χ0) is 14.8. The van der Waals surface area contributed by atoms with Crippen molar-refractivity contribution in [3.05, 3.63) is 59.2 Å². The smallest absolute Gasteiger partial charge is 0.339 e. The second-order valence-corrected chi connectivity index (χ2v) is 5.17. The van der Waals surface area contributed by atoms with E-state index in [1.54, 1.807) is 18.2 Å². The Morgan fingerprint density at radius 1 is 1.33 bits per heavy atom. The van der Waals surface area contributed by atoms with Crippen LogP contribution in [0.1, 0.15) is 21.5 Å². The van der Waals surface area contributed by atoms with Crippen molar-refractivity contribution < 1.29 is 19.4 Å². The van der Waals surface area contributed by atoms with E-state index in [9.17, 15) is 4.79 Å². The van der Waals surface area contributed by atoms with Gasteiger partial charge in [-0.1, -0.05) is 29.8 Å². The molecular weight excluding hydrogens is 268 g/mol. The highest BCUT2D eigenvalue weighted by Crippen LogP contribution is 2.30. The van der Waals surface area contributed by atoms with E-state index < -0.39 is 5.97 Å². The van der Waals surface area contributed by atoms with Crippen LogP contribution in [0.15, 0.2) is 42.5 Å². The fraction of sp³-hybridized carbons (Fsp3) is 0.235. The third kappa shape index (κ3) is 2.84. The molecule has 0 saturated heterocycles. The number of ether oxygens (including phenoxy) is 2. The average Bonchev–Trinajstić information content (AvgIpc) is 2.87. The van der Waals surface area contributed by atoms with Gasteiger partial charge in [-0.2, -0.15) is 0 Å². The van der Waals surface area contributed by atoms with Gasteiger partial charge >= 0.3 is 5.97 Å². The molecule has 4 nitrogen and oxygen atoms in total. The summed E-state index contributed by atoms with van der Waals surface area (Å²) in [5, 5.41) is 9.12. The Bertz CT molecular complexity index is 678. The average molecular weight is 284 g/mol. The molecular formula is C17H16O4. The first-order valence-electron chi connectivity index (χ1n) is 6.85. The van der Waals surface area contributed by atoms with Crippen molar-refractivity contribution in [1.82, 2.24) is 0 Å². The van der Waals surface area contributed by atoms with Crippen molar-refractivity contribution in [3.8, 4) is 11.5 Å². The second kappa shape index (κ2) is 5.48. The van der Waals surface area contributed by atoms with Crippen LogP contribution < -0.4 is 9.47 Å². The Labute approximate surface area is 122 Å². The maximum atomic E-state index is 11.1. The van der Waals surface area contributed by atoms with Crippen LogP contribution in [0.5, 0.6) is 11.5 Å². The predicted octanol–water partition coefficient (Wildman–Crippen LogP) is 3.08. The summed E-state index contributed by atoms with van der Waals surface area (Å²) in [6, 6.07) is 12.7. The Balaban J connectivity index is 1.67. The number of rotatable bonds is 4. The fourth-order valence-electron chi connectivity index (χ4n) is 2.49. The number of carboxylic acids is 1. The standard InChI is InChI=1S/C17H16O4/c1-11-6-7-15-12(8-11)9-13(21-15)10-20-16-5-3-2-4-14(16)17(18)19/h2-8,13H,9-10H2,1H3,(H,18,19). The van der Waals surface area contributed by atoms with Crippen molar-refractivity contribution in [2.24, 2.45) is 0 Å². The molecule has 108 valence electrons. The summed E-state index contributed by atoms with van der Waals surface area (Å²) in [6.45, 7) is 2.38. The number of fused-ring (bicyclic) bond motifs is 1. The number of para-hydroxylation sites is 1. The summed E-state index contributed by atoms with van der Waals surface area (Å²) in [6.07, 6.45) is 0.704. The summed E-state index contributed by atoms with van der Waals surface area (Å²) < 4.78 is 11.4. The number of aromatic carboxylic acids is 1. The van der Waals surface area contributed by atoms with E-state index in [2.05, 4.69) is 6.07 Å². The molecule has 1 heterocycles. The molecule has 21 heavy (non-hydrogen) atoms. The highest BCUT2D eigenvalue weighted by molar-refractivity contribution is 5.90. The van der Waals surface area contributed by atoms with Gasteiger partial charge in [-0.25, -0.2) is 4.79 Å². The van der Waals surface area contributed by atoms with Gasteiger partial charge < -0.3 is 14.6 Å². The summed E-state index contributed by atoms with van der Waals surface area (Å²) in [4.78, 5) is 11.1. The molecule has 1 atom stereocenters. The van der Waals surface area contributed by atoms with E-state index >= 15 is 0 Å². The molecule has 0 fully saturated rings. The van der Waals surface area contributed by atoms with Crippen LogP contribution in [0, 0.1) is 6.92 Å². The molecule has 1 aliphatic heterocycles. The number of carbonyl (C=O) groups is 1. The molecule has 0 spiro atoms. The summed E-state index contributed by atoms with van der Waals surface area (Å²) in [5.41, 5.74) is 2.55. The molecule has 0 radical (unpaired) electrons. The topological polar surface area (TPSA) is 55.8 Å². The van der Waals surface area contributed by atoms with Gasteiger partial charge in [-0.15, -0.1) is 0 Å². The van der Waals surface area contributed by atoms with Crippen molar-refractivity contribution >= 4 is 5.97 Å². The maximum absolute atomic E-state index is 11.1. The molecule has 0 saturated carbocycles. The second-order valence-electron chi connectivity index (χ2n) is 5.17. The SMILES string of the molecule is Cc1ccc2c(c1)CC(COc1ccccc1C(=O)O)O2. The molecule has 1 aliphatic rings. The predicted molar refractivity (Wildman–Crippen MR) is 78.2 cm³/mol. The van der Waals surface area contributed by atoms with Gasteiger partial charge in [0.2, 0.25) is 0 Å². The molecule has 3 rings (SSSR count). The van der Waals surface area contributed by atoms with Gasteiger partial charge in [0.15, 0.2) is 0 Å². The fourth-order valence-corrected chi connectivity index (χ4v) is 2.49. The largest absolute Gasteiger partial charge is 0.489 e. The van der Waals surface area contributed by atoms with Crippen LogP contribution in [0.3, 0.4) is 0 Å². The summed E-state index contributed by atoms with van der Waals surface area (Å²) in [7, 11) is 0. The van der Waals surface area contributed by atoms with E-state index in [0.717, 1.165) is 12.2 Å². The highest BCUT2D eigenvalue weighted by atomic mass is 16.5. The third-order valence-corrected chi connectivity index (χ3v) is 3.50. The lowest BCUT2D eigenvalue weighted by atomic mass is 10.1. The zero-order valence-corrected chi connectivity index (χ0v) is 11.7. The molecule has 4 heteroatoms. The lowest BCUT2D eigenvalue weighted by molar-refractivity contribution is 0.0688. The van der Waals surface area contributed by atoms with Crippen LogP contribution in [0.25, 0.3) is 0 Å². The van der Waals surface area contributed by atoms with Crippen LogP contribution in [-0.4, -0.2) is 23.8 Å². The van der Waals surface area contributed by atoms with E-state index in [0.29, 0.717) is 12.4 Å². The first-order valence-corrected chi connectivity index (χ1v) is 6.85. The van der Waals surface area contributed by atoms with Gasteiger partial charge in [0.05, 0.1) is 0 Å². The molecule has 0 aromatic heterocycles. The number of carboxylic acid groups (broad SMARTS) is 1. The Morgan fingerprint density at radius 3 is 2.95 bits per heavy atom. The Morgan fingerprint density at radius 2 is 2.14 bits per heavy atom. The molecule has 0 amide bonds. The van der Waals surface area contributed by atoms with Gasteiger partial charge in [0.25, 0.3) is 0 Å². The highest BCUT2D eigenvalue weighted by Gasteiger charge is 2.24. The first kappa shape index (κ1) is 13.5. The zero-order valence-electron chi connectivity index (χ0n) is 11.7. The summed E-state index contributed by atoms with van der Waals surface area (Å²) in [5.74, 6) is 0.276. The third-order valence-electron chi connectivity index (χ3n) is 3.50. The van der Waals surface area contributed by atoms with Crippen molar-refractivity contribution in [2.75, 3.05) is 6.61 Å². The quantitative estimate of drug-likeness (QED) is 0.937. The van der Waals surface area contributed by atoms with E-state index in [1.165, 1.54) is 17.2 Å². The molecule has 2 aromatic rings. The lowest BCUT2D eigenvalue weighted by Gasteiger charge is -2.13. The van der Waals surface area contributed by atoms with E-state index in [4.69, 9.17) is 14.6 Å². The van der Waals surface area contributed by atoms with Gasteiger partial charge in [-0.3, -0.25) is 0 Å². The maximum Gasteiger partial charge on any atom is 0.339 e. The van der Waals surface area contributed by atoms with Crippen LogP contribution >= 0.6 is 0 Å². The molecule has 0 aliphatic carbocycles. The van der Waals surface area contributed by atoms with Crippen molar-refractivity contribution in [3.63, 3.8) is 0 Å². The van der Waals surface area contributed by atoms with E-state index in [-0.39, 0.29) is 11.7 Å². The lowest BCUT2D eigenvalue weighted by Crippen LogP contribution is -2.23. The minimum Gasteiger partial charge on any atom is -0.489 e. The number of hydrogen-bond donors (Lipinski definition) is 1. The van der Waals surface area contributed by atoms with Crippen LogP contribution in [0.4, 0.5) is 0 Å². The van der Waals surface area contributed by atoms with Gasteiger partial charge in [0, 0.05) is 6.42 Å². The number of aryl methyl sites for hydroxylation is 1. The minimum absolute atomic E-state index is 0.0800. The number of benzene rings is 2. The number of hydrogen-bond acceptors (Lipinski definition) is 3. The molecule has 1 N–H and O–H groups in total. The molecule has 0 bridgehead atoms. The van der Waals surface area contributed by atoms with Crippen molar-refractivity contribution in [1.29, 1.82) is 0 Å².